The van der Waals surface area contributed by atoms with Gasteiger partial charge in [0.25, 0.3) is 0 Å². The van der Waals surface area contributed by atoms with Crippen LogP contribution in [0.5, 0.6) is 0 Å². The van der Waals surface area contributed by atoms with Crippen molar-refractivity contribution < 1.29 is 14.0 Å². The van der Waals surface area contributed by atoms with Crippen LogP contribution in [0.25, 0.3) is 11.3 Å². The Labute approximate surface area is 196 Å². The molecular formula is C26H24FN5O2. The van der Waals surface area contributed by atoms with Crippen molar-refractivity contribution in [3.8, 4) is 11.3 Å². The van der Waals surface area contributed by atoms with E-state index >= 15 is 0 Å². The molecule has 3 aromatic carbocycles. The second-order valence-corrected chi connectivity index (χ2v) is 7.79. The van der Waals surface area contributed by atoms with E-state index in [0.29, 0.717) is 29.3 Å². The number of hydrogen-bond donors (Lipinski definition) is 3. The molecule has 8 heteroatoms. The molecule has 34 heavy (non-hydrogen) atoms. The van der Waals surface area contributed by atoms with Crippen molar-refractivity contribution in [3.63, 3.8) is 0 Å². The Morgan fingerprint density at radius 3 is 2.44 bits per heavy atom. The molecule has 1 aromatic heterocycles. The van der Waals surface area contributed by atoms with E-state index in [2.05, 4.69) is 20.9 Å². The second kappa shape index (κ2) is 10.4. The van der Waals surface area contributed by atoms with Crippen molar-refractivity contribution in [3.05, 3.63) is 102 Å². The van der Waals surface area contributed by atoms with Gasteiger partial charge in [0.1, 0.15) is 17.3 Å². The Hall–Kier alpha value is -4.46. The zero-order chi connectivity index (χ0) is 23.9. The Bertz CT molecular complexity index is 1290. The fourth-order valence-corrected chi connectivity index (χ4v) is 3.47. The molecule has 0 saturated heterocycles. The molecule has 0 bridgehead atoms. The van der Waals surface area contributed by atoms with Gasteiger partial charge in [-0.15, -0.1) is 0 Å². The van der Waals surface area contributed by atoms with Crippen molar-refractivity contribution in [1.82, 2.24) is 14.9 Å². The number of benzene rings is 3. The molecule has 0 radical (unpaired) electrons. The number of aryl methyl sites for hydroxylation is 1. The normalized spacial score (nSPS) is 10.5. The summed E-state index contributed by atoms with van der Waals surface area (Å²) in [6.45, 7) is 2.16. The number of carbonyl (C=O) groups excluding carboxylic acids is 2. The molecule has 0 fully saturated rings. The number of urea groups is 1. The number of carbonyl (C=O) groups is 2. The van der Waals surface area contributed by atoms with Gasteiger partial charge in [0.15, 0.2) is 0 Å². The summed E-state index contributed by atoms with van der Waals surface area (Å²) in [5.41, 5.74) is 3.84. The van der Waals surface area contributed by atoms with E-state index in [1.807, 2.05) is 55.5 Å². The molecule has 0 spiro atoms. The third-order valence-corrected chi connectivity index (χ3v) is 5.09. The lowest BCUT2D eigenvalue weighted by Gasteiger charge is -2.13. The van der Waals surface area contributed by atoms with Gasteiger partial charge in [0, 0.05) is 11.3 Å². The second-order valence-electron chi connectivity index (χ2n) is 7.79. The maximum absolute atomic E-state index is 13.4. The van der Waals surface area contributed by atoms with E-state index < -0.39 is 11.9 Å². The van der Waals surface area contributed by atoms with Crippen molar-refractivity contribution in [2.24, 2.45) is 0 Å². The summed E-state index contributed by atoms with van der Waals surface area (Å²) in [5.74, 6) is -0.319. The van der Waals surface area contributed by atoms with Crippen LogP contribution >= 0.6 is 0 Å². The molecule has 3 N–H and O–H groups in total. The monoisotopic (exact) mass is 457 g/mol. The van der Waals surface area contributed by atoms with Crippen LogP contribution in [0.3, 0.4) is 0 Å². The molecule has 3 amide bonds. The first kappa shape index (κ1) is 22.7. The fourth-order valence-electron chi connectivity index (χ4n) is 3.47. The van der Waals surface area contributed by atoms with Crippen LogP contribution in [0.1, 0.15) is 11.1 Å². The highest BCUT2D eigenvalue weighted by Crippen LogP contribution is 2.27. The summed E-state index contributed by atoms with van der Waals surface area (Å²) in [6, 6.07) is 22.5. The first-order chi connectivity index (χ1) is 16.5. The van der Waals surface area contributed by atoms with Crippen LogP contribution < -0.4 is 16.0 Å². The number of imidazole rings is 1. The SMILES string of the molecule is Cc1cccc(NC(=O)NCC(=O)Nc2c(-c3ccc(F)cc3)ncn2Cc2ccccc2)c1. The number of nitrogens with one attached hydrogen (secondary N) is 3. The minimum absolute atomic E-state index is 0.239. The first-order valence-electron chi connectivity index (χ1n) is 10.7. The van der Waals surface area contributed by atoms with Gasteiger partial charge >= 0.3 is 6.03 Å². The van der Waals surface area contributed by atoms with Crippen LogP contribution in [0, 0.1) is 12.7 Å². The molecule has 1 heterocycles. The lowest BCUT2D eigenvalue weighted by atomic mass is 10.1. The molecule has 4 rings (SSSR count). The third-order valence-electron chi connectivity index (χ3n) is 5.09. The highest BCUT2D eigenvalue weighted by Gasteiger charge is 2.17. The fraction of sp³-hybridized carbons (Fsp3) is 0.115. The number of halogens is 1. The molecule has 0 saturated carbocycles. The van der Waals surface area contributed by atoms with E-state index in [1.54, 1.807) is 29.1 Å². The summed E-state index contributed by atoms with van der Waals surface area (Å²) in [6.07, 6.45) is 1.62. The number of hydrogen-bond acceptors (Lipinski definition) is 3. The van der Waals surface area contributed by atoms with Gasteiger partial charge in [-0.25, -0.2) is 14.2 Å². The maximum atomic E-state index is 13.4. The zero-order valence-corrected chi connectivity index (χ0v) is 18.6. The molecule has 7 nitrogen and oxygen atoms in total. The Kier molecular flexibility index (Phi) is 6.98. The van der Waals surface area contributed by atoms with Gasteiger partial charge in [0.2, 0.25) is 5.91 Å². The van der Waals surface area contributed by atoms with E-state index in [0.717, 1.165) is 11.1 Å². The van der Waals surface area contributed by atoms with Gasteiger partial charge in [-0.1, -0.05) is 42.5 Å². The number of nitrogens with zero attached hydrogens (tertiary/aromatic N) is 2. The summed E-state index contributed by atoms with van der Waals surface area (Å²) in [7, 11) is 0. The predicted octanol–water partition coefficient (Wildman–Crippen LogP) is 4.81. The maximum Gasteiger partial charge on any atom is 0.319 e. The topological polar surface area (TPSA) is 88.1 Å². The van der Waals surface area contributed by atoms with E-state index in [-0.39, 0.29) is 12.4 Å². The van der Waals surface area contributed by atoms with Gasteiger partial charge in [0.05, 0.1) is 19.4 Å². The summed E-state index contributed by atoms with van der Waals surface area (Å²) in [5, 5.41) is 8.10. The van der Waals surface area contributed by atoms with Crippen LogP contribution in [-0.2, 0) is 11.3 Å². The molecular weight excluding hydrogens is 433 g/mol. The van der Waals surface area contributed by atoms with Crippen molar-refractivity contribution in [2.45, 2.75) is 13.5 Å². The lowest BCUT2D eigenvalue weighted by Crippen LogP contribution is -2.36. The first-order valence-corrected chi connectivity index (χ1v) is 10.7. The van der Waals surface area contributed by atoms with Crippen molar-refractivity contribution >= 4 is 23.4 Å². The van der Waals surface area contributed by atoms with E-state index in [9.17, 15) is 14.0 Å². The molecule has 0 unspecified atom stereocenters. The third kappa shape index (κ3) is 5.86. The van der Waals surface area contributed by atoms with Crippen LogP contribution in [0.4, 0.5) is 20.7 Å². The van der Waals surface area contributed by atoms with Crippen LogP contribution in [0.2, 0.25) is 0 Å². The smallest absolute Gasteiger partial charge is 0.319 e. The number of aromatic nitrogens is 2. The number of amides is 3. The van der Waals surface area contributed by atoms with Gasteiger partial charge in [-0.05, 0) is 54.4 Å². The van der Waals surface area contributed by atoms with Crippen LogP contribution in [-0.4, -0.2) is 28.0 Å². The average molecular weight is 458 g/mol. The Balaban J connectivity index is 1.48. The minimum Gasteiger partial charge on any atom is -0.329 e. The van der Waals surface area contributed by atoms with Gasteiger partial charge in [-0.2, -0.15) is 0 Å². The molecule has 0 atom stereocenters. The largest absolute Gasteiger partial charge is 0.329 e. The molecule has 0 aliphatic rings. The quantitative estimate of drug-likeness (QED) is 0.372. The lowest BCUT2D eigenvalue weighted by molar-refractivity contribution is -0.115. The predicted molar refractivity (Wildman–Crippen MR) is 130 cm³/mol. The zero-order valence-electron chi connectivity index (χ0n) is 18.6. The summed E-state index contributed by atoms with van der Waals surface area (Å²) in [4.78, 5) is 29.4. The van der Waals surface area contributed by atoms with E-state index in [4.69, 9.17) is 0 Å². The van der Waals surface area contributed by atoms with Crippen LogP contribution in [0.15, 0.2) is 85.2 Å². The number of rotatable bonds is 7. The van der Waals surface area contributed by atoms with Crippen molar-refractivity contribution in [2.75, 3.05) is 17.2 Å². The molecule has 0 aliphatic heterocycles. The van der Waals surface area contributed by atoms with Gasteiger partial charge < -0.3 is 20.5 Å². The molecule has 0 aliphatic carbocycles. The average Bonchev–Trinajstić information content (AvgIpc) is 3.21. The molecule has 172 valence electrons. The highest BCUT2D eigenvalue weighted by atomic mass is 19.1. The number of anilines is 2. The standard InChI is InChI=1S/C26H24FN5O2/c1-18-6-5-9-22(14-18)30-26(34)28-15-23(33)31-25-24(20-10-12-21(27)13-11-20)29-17-32(25)16-19-7-3-2-4-8-19/h2-14,17H,15-16H2,1H3,(H,31,33)(H2,28,30,34). The van der Waals surface area contributed by atoms with E-state index in [1.165, 1.54) is 12.1 Å². The summed E-state index contributed by atoms with van der Waals surface area (Å²) >= 11 is 0. The summed E-state index contributed by atoms with van der Waals surface area (Å²) < 4.78 is 15.2. The Morgan fingerprint density at radius 2 is 1.71 bits per heavy atom. The minimum atomic E-state index is -0.489. The molecule has 4 aromatic rings. The van der Waals surface area contributed by atoms with Crippen molar-refractivity contribution in [1.29, 1.82) is 0 Å². The Morgan fingerprint density at radius 1 is 0.941 bits per heavy atom. The van der Waals surface area contributed by atoms with Gasteiger partial charge in [-0.3, -0.25) is 4.79 Å². The highest BCUT2D eigenvalue weighted by molar-refractivity contribution is 5.98.